The first-order valence-corrected chi connectivity index (χ1v) is 7.00. The molecule has 2 aromatic carbocycles. The first kappa shape index (κ1) is 15.4. The molecule has 0 aliphatic carbocycles. The van der Waals surface area contributed by atoms with Crippen LogP contribution in [0.2, 0.25) is 0 Å². The third-order valence-electron chi connectivity index (χ3n) is 3.24. The second-order valence-corrected chi connectivity index (χ2v) is 4.81. The van der Waals surface area contributed by atoms with Gasteiger partial charge in [0.25, 0.3) is 0 Å². The summed E-state index contributed by atoms with van der Waals surface area (Å²) in [5.74, 6) is -0.105. The Balaban J connectivity index is 2.26. The fraction of sp³-hybridized carbons (Fsp3) is 0.294. The first-order valence-electron chi connectivity index (χ1n) is 7.00. The van der Waals surface area contributed by atoms with Crippen LogP contribution in [0.1, 0.15) is 30.5 Å². The van der Waals surface area contributed by atoms with E-state index in [9.17, 15) is 8.78 Å². The molecule has 0 saturated heterocycles. The summed E-state index contributed by atoms with van der Waals surface area (Å²) in [5, 5.41) is 3.02. The van der Waals surface area contributed by atoms with Gasteiger partial charge in [0.05, 0.1) is 12.6 Å². The Kier molecular flexibility index (Phi) is 5.28. The van der Waals surface area contributed by atoms with Crippen LogP contribution in [-0.4, -0.2) is 13.7 Å². The first-order chi connectivity index (χ1) is 10.2. The molecule has 2 nitrogen and oxygen atoms in total. The molecule has 1 atom stereocenters. The number of benzene rings is 2. The van der Waals surface area contributed by atoms with Crippen LogP contribution >= 0.6 is 0 Å². The maximum absolute atomic E-state index is 13.9. The van der Waals surface area contributed by atoms with Gasteiger partial charge in [0, 0.05) is 5.56 Å². The molecule has 4 heteroatoms. The Bertz CT molecular complexity index is 584. The highest BCUT2D eigenvalue weighted by atomic mass is 19.1. The van der Waals surface area contributed by atoms with Crippen molar-refractivity contribution >= 4 is 0 Å². The maximum Gasteiger partial charge on any atom is 0.128 e. The lowest BCUT2D eigenvalue weighted by molar-refractivity contribution is 0.317. The van der Waals surface area contributed by atoms with Crippen molar-refractivity contribution in [3.63, 3.8) is 0 Å². The van der Waals surface area contributed by atoms with Crippen LogP contribution < -0.4 is 10.1 Å². The molecule has 1 N–H and O–H groups in total. The van der Waals surface area contributed by atoms with E-state index in [4.69, 9.17) is 4.74 Å². The summed E-state index contributed by atoms with van der Waals surface area (Å²) in [6.45, 7) is 2.70. The number of nitrogens with one attached hydrogen (secondary N) is 1. The smallest absolute Gasteiger partial charge is 0.128 e. The monoisotopic (exact) mass is 291 g/mol. The van der Waals surface area contributed by atoms with Gasteiger partial charge in [-0.3, -0.25) is 0 Å². The molecule has 0 aliphatic heterocycles. The zero-order valence-electron chi connectivity index (χ0n) is 12.2. The van der Waals surface area contributed by atoms with E-state index in [1.807, 2.05) is 31.2 Å². The molecule has 0 amide bonds. The van der Waals surface area contributed by atoms with Gasteiger partial charge in [0.15, 0.2) is 0 Å². The third kappa shape index (κ3) is 3.79. The van der Waals surface area contributed by atoms with Crippen molar-refractivity contribution in [1.82, 2.24) is 5.32 Å². The van der Waals surface area contributed by atoms with Gasteiger partial charge in [-0.15, -0.1) is 0 Å². The zero-order chi connectivity index (χ0) is 15.2. The number of halogens is 2. The highest BCUT2D eigenvalue weighted by molar-refractivity contribution is 5.36. The van der Waals surface area contributed by atoms with Gasteiger partial charge in [-0.1, -0.05) is 19.1 Å². The molecular weight excluding hydrogens is 272 g/mol. The molecule has 21 heavy (non-hydrogen) atoms. The summed E-state index contributed by atoms with van der Waals surface area (Å²) >= 11 is 0. The van der Waals surface area contributed by atoms with Crippen molar-refractivity contribution in [2.75, 3.05) is 13.7 Å². The molecule has 0 heterocycles. The third-order valence-corrected chi connectivity index (χ3v) is 3.24. The van der Waals surface area contributed by atoms with E-state index in [1.165, 1.54) is 6.07 Å². The van der Waals surface area contributed by atoms with Gasteiger partial charge in [-0.2, -0.15) is 0 Å². The van der Waals surface area contributed by atoms with Gasteiger partial charge in [0.1, 0.15) is 17.4 Å². The molecule has 2 rings (SSSR count). The molecule has 0 radical (unpaired) electrons. The Morgan fingerprint density at radius 1 is 1.10 bits per heavy atom. The number of hydrogen-bond donors (Lipinski definition) is 1. The molecule has 0 bridgehead atoms. The van der Waals surface area contributed by atoms with Crippen LogP contribution in [0.4, 0.5) is 8.78 Å². The molecule has 0 spiro atoms. The SMILES string of the molecule is CCCOc1ccc(C(NC)c2cc(F)ccc2F)cc1. The normalized spacial score (nSPS) is 12.2. The van der Waals surface area contributed by atoms with Gasteiger partial charge >= 0.3 is 0 Å². The van der Waals surface area contributed by atoms with Crippen LogP contribution in [0.25, 0.3) is 0 Å². The summed E-state index contributed by atoms with van der Waals surface area (Å²) in [4.78, 5) is 0. The lowest BCUT2D eigenvalue weighted by atomic mass is 9.98. The minimum atomic E-state index is -0.449. The summed E-state index contributed by atoms with van der Waals surface area (Å²) in [5.41, 5.74) is 1.14. The molecule has 0 aromatic heterocycles. The average molecular weight is 291 g/mol. The van der Waals surface area contributed by atoms with E-state index in [-0.39, 0.29) is 0 Å². The standard InChI is InChI=1S/C17H19F2NO/c1-3-10-21-14-7-4-12(5-8-14)17(20-2)15-11-13(18)6-9-16(15)19/h4-9,11,17,20H,3,10H2,1-2H3. The van der Waals surface area contributed by atoms with E-state index >= 15 is 0 Å². The van der Waals surface area contributed by atoms with Crippen LogP contribution in [0.3, 0.4) is 0 Å². The molecule has 1 unspecified atom stereocenters. The minimum absolute atomic E-state index is 0.291. The van der Waals surface area contributed by atoms with Crippen molar-refractivity contribution in [2.24, 2.45) is 0 Å². The second kappa shape index (κ2) is 7.18. The van der Waals surface area contributed by atoms with Gasteiger partial charge < -0.3 is 10.1 Å². The van der Waals surface area contributed by atoms with E-state index < -0.39 is 17.7 Å². The van der Waals surface area contributed by atoms with Crippen molar-refractivity contribution in [3.05, 3.63) is 65.2 Å². The Morgan fingerprint density at radius 3 is 2.43 bits per heavy atom. The quantitative estimate of drug-likeness (QED) is 0.866. The van der Waals surface area contributed by atoms with E-state index in [0.717, 1.165) is 29.9 Å². The van der Waals surface area contributed by atoms with E-state index in [0.29, 0.717) is 12.2 Å². The number of hydrogen-bond acceptors (Lipinski definition) is 2. The lowest BCUT2D eigenvalue weighted by Crippen LogP contribution is -2.19. The summed E-state index contributed by atoms with van der Waals surface area (Å²) in [7, 11) is 1.72. The van der Waals surface area contributed by atoms with Gasteiger partial charge in [-0.25, -0.2) is 8.78 Å². The minimum Gasteiger partial charge on any atom is -0.494 e. The Morgan fingerprint density at radius 2 is 1.81 bits per heavy atom. The maximum atomic E-state index is 13.9. The molecule has 112 valence electrons. The number of rotatable bonds is 6. The van der Waals surface area contributed by atoms with E-state index in [2.05, 4.69) is 5.32 Å². The lowest BCUT2D eigenvalue weighted by Gasteiger charge is -2.18. The van der Waals surface area contributed by atoms with Crippen LogP contribution in [-0.2, 0) is 0 Å². The Hall–Kier alpha value is -1.94. The molecule has 0 aliphatic rings. The van der Waals surface area contributed by atoms with Gasteiger partial charge in [0.2, 0.25) is 0 Å². The van der Waals surface area contributed by atoms with Crippen LogP contribution in [0.5, 0.6) is 5.75 Å². The van der Waals surface area contributed by atoms with E-state index in [1.54, 1.807) is 7.05 Å². The fourth-order valence-electron chi connectivity index (χ4n) is 2.21. The zero-order valence-corrected chi connectivity index (χ0v) is 12.2. The molecule has 2 aromatic rings. The fourth-order valence-corrected chi connectivity index (χ4v) is 2.21. The van der Waals surface area contributed by atoms with Crippen LogP contribution in [0, 0.1) is 11.6 Å². The summed E-state index contributed by atoms with van der Waals surface area (Å²) < 4.78 is 32.8. The second-order valence-electron chi connectivity index (χ2n) is 4.81. The predicted octanol–water partition coefficient (Wildman–Crippen LogP) is 4.06. The molecule has 0 saturated carbocycles. The van der Waals surface area contributed by atoms with Gasteiger partial charge in [-0.05, 0) is 49.4 Å². The largest absolute Gasteiger partial charge is 0.494 e. The summed E-state index contributed by atoms with van der Waals surface area (Å²) in [6, 6.07) is 10.5. The van der Waals surface area contributed by atoms with Crippen molar-refractivity contribution < 1.29 is 13.5 Å². The Labute approximate surface area is 123 Å². The van der Waals surface area contributed by atoms with Crippen LogP contribution in [0.15, 0.2) is 42.5 Å². The predicted molar refractivity (Wildman–Crippen MR) is 79.5 cm³/mol. The topological polar surface area (TPSA) is 21.3 Å². The number of ether oxygens (including phenoxy) is 1. The average Bonchev–Trinajstić information content (AvgIpc) is 2.50. The highest BCUT2D eigenvalue weighted by Gasteiger charge is 2.17. The van der Waals surface area contributed by atoms with Crippen molar-refractivity contribution in [2.45, 2.75) is 19.4 Å². The van der Waals surface area contributed by atoms with Crippen molar-refractivity contribution in [3.8, 4) is 5.75 Å². The summed E-state index contributed by atoms with van der Waals surface area (Å²) in [6.07, 6.45) is 0.940. The molecular formula is C17H19F2NO. The molecule has 0 fully saturated rings. The highest BCUT2D eigenvalue weighted by Crippen LogP contribution is 2.26. The van der Waals surface area contributed by atoms with Crippen molar-refractivity contribution in [1.29, 1.82) is 0 Å².